The van der Waals surface area contributed by atoms with E-state index in [-0.39, 0.29) is 0 Å². The van der Waals surface area contributed by atoms with Crippen molar-refractivity contribution < 1.29 is 5.11 Å². The van der Waals surface area contributed by atoms with Crippen LogP contribution in [0.4, 0.5) is 0 Å². The lowest BCUT2D eigenvalue weighted by molar-refractivity contribution is 0.174. The molecule has 1 atom stereocenters. The van der Waals surface area contributed by atoms with Crippen LogP contribution in [0.5, 0.6) is 0 Å². The van der Waals surface area contributed by atoms with Crippen LogP contribution in [0.2, 0.25) is 0 Å². The highest BCUT2D eigenvalue weighted by Gasteiger charge is 2.07. The molecule has 0 aliphatic rings. The van der Waals surface area contributed by atoms with E-state index in [1.165, 1.54) is 0 Å². The molecule has 66 valence electrons. The fourth-order valence-electron chi connectivity index (χ4n) is 1.18. The van der Waals surface area contributed by atoms with Gasteiger partial charge in [-0.1, -0.05) is 24.3 Å². The molecule has 1 aromatic carbocycles. The number of hydrazine groups is 1. The average molecular weight is 166 g/mol. The smallest absolute Gasteiger partial charge is 0.0930 e. The standard InChI is InChI=1S/C9H14N2O/c1-7-4-2-3-5-8(7)9(12)6-11-10/h2-5,9,11-12H,6,10H2,1H3. The highest BCUT2D eigenvalue weighted by molar-refractivity contribution is 5.27. The Hall–Kier alpha value is -0.900. The molecule has 3 nitrogen and oxygen atoms in total. The molecule has 0 spiro atoms. The molecule has 0 radical (unpaired) electrons. The van der Waals surface area contributed by atoms with Crippen molar-refractivity contribution in [3.63, 3.8) is 0 Å². The normalized spacial score (nSPS) is 12.9. The molecule has 0 fully saturated rings. The zero-order chi connectivity index (χ0) is 8.97. The average Bonchev–Trinajstić information content (AvgIpc) is 2.05. The first-order valence-corrected chi connectivity index (χ1v) is 3.92. The third-order valence-corrected chi connectivity index (χ3v) is 1.86. The summed E-state index contributed by atoms with van der Waals surface area (Å²) < 4.78 is 0. The van der Waals surface area contributed by atoms with Crippen molar-refractivity contribution in [2.45, 2.75) is 13.0 Å². The fraction of sp³-hybridized carbons (Fsp3) is 0.333. The summed E-state index contributed by atoms with van der Waals surface area (Å²) in [5, 5.41) is 9.56. The molecule has 0 bridgehead atoms. The summed E-state index contributed by atoms with van der Waals surface area (Å²) in [4.78, 5) is 0. The molecule has 4 N–H and O–H groups in total. The van der Waals surface area contributed by atoms with Crippen molar-refractivity contribution in [3.05, 3.63) is 35.4 Å². The molecule has 1 aromatic rings. The van der Waals surface area contributed by atoms with Gasteiger partial charge in [0.05, 0.1) is 6.10 Å². The van der Waals surface area contributed by atoms with Crippen molar-refractivity contribution in [1.29, 1.82) is 0 Å². The maximum absolute atomic E-state index is 9.56. The van der Waals surface area contributed by atoms with Crippen LogP contribution < -0.4 is 11.3 Å². The number of nitrogens with one attached hydrogen (secondary N) is 1. The van der Waals surface area contributed by atoms with Gasteiger partial charge in [-0.2, -0.15) is 0 Å². The van der Waals surface area contributed by atoms with Crippen molar-refractivity contribution in [3.8, 4) is 0 Å². The van der Waals surface area contributed by atoms with Crippen LogP contribution in [0.15, 0.2) is 24.3 Å². The van der Waals surface area contributed by atoms with E-state index in [1.54, 1.807) is 0 Å². The lowest BCUT2D eigenvalue weighted by Crippen LogP contribution is -2.27. The second-order valence-corrected chi connectivity index (χ2v) is 2.78. The molecule has 3 heteroatoms. The van der Waals surface area contributed by atoms with E-state index in [0.29, 0.717) is 6.54 Å². The molecular formula is C9H14N2O. The van der Waals surface area contributed by atoms with Crippen LogP contribution in [-0.2, 0) is 0 Å². The van der Waals surface area contributed by atoms with E-state index in [9.17, 15) is 5.11 Å². The third kappa shape index (κ3) is 2.04. The minimum absolute atomic E-state index is 0.380. The molecule has 0 aromatic heterocycles. The van der Waals surface area contributed by atoms with Crippen molar-refractivity contribution in [2.24, 2.45) is 5.84 Å². The topological polar surface area (TPSA) is 58.3 Å². The number of benzene rings is 1. The van der Waals surface area contributed by atoms with E-state index >= 15 is 0 Å². The Balaban J connectivity index is 2.79. The monoisotopic (exact) mass is 166 g/mol. The van der Waals surface area contributed by atoms with Gasteiger partial charge in [0.25, 0.3) is 0 Å². The maximum atomic E-state index is 9.56. The first-order chi connectivity index (χ1) is 5.75. The quantitative estimate of drug-likeness (QED) is 0.452. The summed E-state index contributed by atoms with van der Waals surface area (Å²) in [6.07, 6.45) is -0.517. The van der Waals surface area contributed by atoms with Gasteiger partial charge in [0.15, 0.2) is 0 Å². The second-order valence-electron chi connectivity index (χ2n) is 2.78. The van der Waals surface area contributed by atoms with Crippen molar-refractivity contribution in [1.82, 2.24) is 5.43 Å². The zero-order valence-corrected chi connectivity index (χ0v) is 7.12. The van der Waals surface area contributed by atoms with Crippen LogP contribution in [-0.4, -0.2) is 11.7 Å². The van der Waals surface area contributed by atoms with Gasteiger partial charge >= 0.3 is 0 Å². The van der Waals surface area contributed by atoms with Gasteiger partial charge in [0.2, 0.25) is 0 Å². The van der Waals surface area contributed by atoms with E-state index in [4.69, 9.17) is 5.84 Å². The lowest BCUT2D eigenvalue weighted by atomic mass is 10.0. The molecule has 12 heavy (non-hydrogen) atoms. The summed E-state index contributed by atoms with van der Waals surface area (Å²) in [6.45, 7) is 2.35. The first-order valence-electron chi connectivity index (χ1n) is 3.92. The van der Waals surface area contributed by atoms with Gasteiger partial charge in [0.1, 0.15) is 0 Å². The summed E-state index contributed by atoms with van der Waals surface area (Å²) in [5.74, 6) is 5.11. The summed E-state index contributed by atoms with van der Waals surface area (Å²) in [5.41, 5.74) is 4.45. The van der Waals surface area contributed by atoms with Crippen LogP contribution in [0.3, 0.4) is 0 Å². The predicted octanol–water partition coefficient (Wildman–Crippen LogP) is 0.492. The number of aryl methyl sites for hydroxylation is 1. The minimum Gasteiger partial charge on any atom is -0.387 e. The summed E-state index contributed by atoms with van der Waals surface area (Å²) in [6, 6.07) is 7.72. The second kappa shape index (κ2) is 4.21. The predicted molar refractivity (Wildman–Crippen MR) is 48.3 cm³/mol. The van der Waals surface area contributed by atoms with Crippen molar-refractivity contribution in [2.75, 3.05) is 6.54 Å². The van der Waals surface area contributed by atoms with Gasteiger partial charge in [-0.05, 0) is 18.1 Å². The van der Waals surface area contributed by atoms with Gasteiger partial charge < -0.3 is 5.11 Å². The maximum Gasteiger partial charge on any atom is 0.0930 e. The SMILES string of the molecule is Cc1ccccc1C(O)CNN. The third-order valence-electron chi connectivity index (χ3n) is 1.86. The number of hydrogen-bond donors (Lipinski definition) is 3. The Morgan fingerprint density at radius 3 is 2.75 bits per heavy atom. The Morgan fingerprint density at radius 2 is 2.17 bits per heavy atom. The van der Waals surface area contributed by atoms with Gasteiger partial charge in [-0.15, -0.1) is 0 Å². The van der Waals surface area contributed by atoms with Crippen LogP contribution in [0, 0.1) is 6.92 Å². The number of aliphatic hydroxyl groups is 1. The largest absolute Gasteiger partial charge is 0.387 e. The number of nitrogens with two attached hydrogens (primary N) is 1. The highest BCUT2D eigenvalue weighted by atomic mass is 16.3. The van der Waals surface area contributed by atoms with Gasteiger partial charge in [-0.3, -0.25) is 11.3 Å². The van der Waals surface area contributed by atoms with E-state index in [1.807, 2.05) is 31.2 Å². The molecule has 0 saturated heterocycles. The van der Waals surface area contributed by atoms with Crippen LogP contribution in [0.25, 0.3) is 0 Å². The van der Waals surface area contributed by atoms with Crippen LogP contribution in [0.1, 0.15) is 17.2 Å². The molecule has 0 aliphatic heterocycles. The van der Waals surface area contributed by atoms with Crippen LogP contribution >= 0.6 is 0 Å². The summed E-state index contributed by atoms with van der Waals surface area (Å²) in [7, 11) is 0. The Morgan fingerprint density at radius 1 is 1.50 bits per heavy atom. The molecule has 0 amide bonds. The fourth-order valence-corrected chi connectivity index (χ4v) is 1.18. The Labute approximate surface area is 72.2 Å². The Bertz CT molecular complexity index is 250. The molecular weight excluding hydrogens is 152 g/mol. The van der Waals surface area contributed by atoms with Gasteiger partial charge in [0, 0.05) is 6.54 Å². The number of rotatable bonds is 3. The first kappa shape index (κ1) is 9.19. The van der Waals surface area contributed by atoms with E-state index in [0.717, 1.165) is 11.1 Å². The zero-order valence-electron chi connectivity index (χ0n) is 7.12. The molecule has 1 unspecified atom stereocenters. The number of hydrogen-bond acceptors (Lipinski definition) is 3. The van der Waals surface area contributed by atoms with Gasteiger partial charge in [-0.25, -0.2) is 0 Å². The van der Waals surface area contributed by atoms with E-state index < -0.39 is 6.10 Å². The Kier molecular flexibility index (Phi) is 3.22. The van der Waals surface area contributed by atoms with Crippen molar-refractivity contribution >= 4 is 0 Å². The molecule has 0 aliphatic carbocycles. The lowest BCUT2D eigenvalue weighted by Gasteiger charge is -2.12. The number of aliphatic hydroxyl groups excluding tert-OH is 1. The highest BCUT2D eigenvalue weighted by Crippen LogP contribution is 2.15. The molecule has 0 saturated carbocycles. The molecule has 0 heterocycles. The van der Waals surface area contributed by atoms with E-state index in [2.05, 4.69) is 5.43 Å². The molecule has 1 rings (SSSR count). The summed E-state index contributed by atoms with van der Waals surface area (Å²) >= 11 is 0. The minimum atomic E-state index is -0.517.